The van der Waals surface area contributed by atoms with Crippen LogP contribution >= 0.6 is 0 Å². The Hall–Kier alpha value is -10.7. The Bertz CT molecular complexity index is 4800. The van der Waals surface area contributed by atoms with E-state index in [1.165, 1.54) is 22.3 Å². The summed E-state index contributed by atoms with van der Waals surface area (Å²) in [5.74, 6) is 1.28. The SMILES string of the molecule is [C-]#[N+]c1cccc(-c2ccc(-n3c4ccc(C(C)(C)C)cc4c4cc(C(C)(C)C)ccc43)c(-c3nc(-c4ccccc4-c4cccc(C#N)c4)nc(-c4cc(-c5cccc(C#N)c5)ccc4-n4c5ccc(C(C)(C)C)cc5c5cc(C(C)(C)C)ccc54)n3)c2)c1. The van der Waals surface area contributed by atoms with Gasteiger partial charge in [0, 0.05) is 38.2 Å². The number of rotatable bonds is 8. The molecule has 0 aliphatic heterocycles. The van der Waals surface area contributed by atoms with Crippen molar-refractivity contribution in [2.24, 2.45) is 0 Å². The van der Waals surface area contributed by atoms with Crippen LogP contribution in [0.4, 0.5) is 5.69 Å². The fourth-order valence-electron chi connectivity index (χ4n) is 12.6. The first kappa shape index (κ1) is 58.3. The molecule has 0 amide bonds. The zero-order valence-electron chi connectivity index (χ0n) is 53.2. The van der Waals surface area contributed by atoms with E-state index in [4.69, 9.17) is 21.5 Å². The summed E-state index contributed by atoms with van der Waals surface area (Å²) >= 11 is 0. The highest BCUT2D eigenvalue weighted by atomic mass is 15.1. The van der Waals surface area contributed by atoms with Gasteiger partial charge in [-0.05, 0) is 180 Å². The molecule has 3 heterocycles. The second-order valence-electron chi connectivity index (χ2n) is 28.0. The second-order valence-corrected chi connectivity index (χ2v) is 28.0. The molecule has 8 heteroatoms. The predicted molar refractivity (Wildman–Crippen MR) is 372 cm³/mol. The Kier molecular flexibility index (Phi) is 14.2. The van der Waals surface area contributed by atoms with Gasteiger partial charge in [-0.1, -0.05) is 186 Å². The minimum absolute atomic E-state index is 0.112. The first-order valence-corrected chi connectivity index (χ1v) is 30.8. The molecule has 0 saturated heterocycles. The van der Waals surface area contributed by atoms with Gasteiger partial charge >= 0.3 is 0 Å². The molecule has 0 atom stereocenters. The van der Waals surface area contributed by atoms with Crippen molar-refractivity contribution >= 4 is 49.3 Å². The molecular weight excluding hydrogens is 1100 g/mol. The smallest absolute Gasteiger partial charge is 0.187 e. The van der Waals surface area contributed by atoms with Crippen molar-refractivity contribution in [1.82, 2.24) is 24.1 Å². The topological polar surface area (TPSA) is 100 Å². The van der Waals surface area contributed by atoms with Crippen LogP contribution in [0.2, 0.25) is 0 Å². The Balaban J connectivity index is 1.18. The third-order valence-corrected chi connectivity index (χ3v) is 17.7. The normalized spacial score (nSPS) is 12.2. The fraction of sp³-hybridized carbons (Fsp3) is 0.195. The van der Waals surface area contributed by atoms with Crippen LogP contribution in [0.3, 0.4) is 0 Å². The molecule has 10 aromatic carbocycles. The van der Waals surface area contributed by atoms with Crippen LogP contribution in [0.25, 0.3) is 127 Å². The van der Waals surface area contributed by atoms with Crippen LogP contribution < -0.4 is 0 Å². The van der Waals surface area contributed by atoms with Crippen molar-refractivity contribution in [3.63, 3.8) is 0 Å². The van der Waals surface area contributed by atoms with Gasteiger partial charge in [-0.3, -0.25) is 0 Å². The van der Waals surface area contributed by atoms with Gasteiger partial charge in [-0.25, -0.2) is 19.8 Å². The highest BCUT2D eigenvalue weighted by Gasteiger charge is 2.28. The molecule has 0 fully saturated rings. The molecule has 438 valence electrons. The first-order valence-electron chi connectivity index (χ1n) is 30.8. The van der Waals surface area contributed by atoms with Crippen LogP contribution in [-0.2, 0) is 21.7 Å². The summed E-state index contributed by atoms with van der Waals surface area (Å²) in [6.45, 7) is 35.2. The second kappa shape index (κ2) is 21.8. The summed E-state index contributed by atoms with van der Waals surface area (Å²) in [5, 5.41) is 25.1. The standard InChI is InChI=1S/C82H70N8/c1-79(2,3)57-29-35-70-64(44-57)65-45-58(80(4,5)6)30-36-71(65)89(70)74-33-27-54(52-21-16-19-50(39-52)48-83)42-68(74)77-86-76(63-26-15-14-25-62(63)56-23-17-20-51(40-56)49-84)87-78(88-77)69-43-55(53-22-18-24-61(41-53)85-13)28-34-75(69)90-72-37-31-59(81(7,8)9)46-66(72)67-47-60(82(10,11)12)32-38-73(67)90/h14-47H,1-12H3. The Labute approximate surface area is 527 Å². The fourth-order valence-corrected chi connectivity index (χ4v) is 12.6. The summed E-state index contributed by atoms with van der Waals surface area (Å²) < 4.78 is 4.73. The van der Waals surface area contributed by atoms with E-state index in [1.807, 2.05) is 91.0 Å². The largest absolute Gasteiger partial charge is 0.309 e. The molecule has 0 radical (unpaired) electrons. The first-order chi connectivity index (χ1) is 43.0. The van der Waals surface area contributed by atoms with E-state index in [0.717, 1.165) is 105 Å². The Morgan fingerprint density at radius 2 is 0.678 bits per heavy atom. The summed E-state index contributed by atoms with van der Waals surface area (Å²) in [7, 11) is 0. The third kappa shape index (κ3) is 10.6. The highest BCUT2D eigenvalue weighted by Crippen LogP contribution is 2.45. The van der Waals surface area contributed by atoms with Crippen molar-refractivity contribution in [3.8, 4) is 91.1 Å². The zero-order chi connectivity index (χ0) is 63.2. The van der Waals surface area contributed by atoms with Crippen LogP contribution in [0.5, 0.6) is 0 Å². The van der Waals surface area contributed by atoms with Gasteiger partial charge in [-0.15, -0.1) is 0 Å². The summed E-state index contributed by atoms with van der Waals surface area (Å²) in [4.78, 5) is 21.1. The molecule has 13 aromatic rings. The van der Waals surface area contributed by atoms with Gasteiger partial charge < -0.3 is 9.13 Å². The average Bonchev–Trinajstić information content (AvgIpc) is 1.54. The van der Waals surface area contributed by atoms with Crippen LogP contribution in [0, 0.1) is 29.2 Å². The highest BCUT2D eigenvalue weighted by molar-refractivity contribution is 6.12. The molecule has 0 saturated carbocycles. The average molecular weight is 1170 g/mol. The van der Waals surface area contributed by atoms with Crippen molar-refractivity contribution in [1.29, 1.82) is 10.5 Å². The summed E-state index contributed by atoms with van der Waals surface area (Å²) in [6.07, 6.45) is 0. The van der Waals surface area contributed by atoms with E-state index < -0.39 is 0 Å². The number of benzene rings is 10. The van der Waals surface area contributed by atoms with Crippen molar-refractivity contribution < 1.29 is 0 Å². The molecular formula is C82H70N8. The molecule has 0 aliphatic rings. The van der Waals surface area contributed by atoms with E-state index >= 15 is 0 Å². The molecule has 0 bridgehead atoms. The van der Waals surface area contributed by atoms with Crippen molar-refractivity contribution in [2.45, 2.75) is 105 Å². The molecule has 13 rings (SSSR count). The van der Waals surface area contributed by atoms with E-state index in [2.05, 4.69) is 224 Å². The lowest BCUT2D eigenvalue weighted by Crippen LogP contribution is -2.10. The summed E-state index contributed by atoms with van der Waals surface area (Å²) in [6, 6.07) is 76.5. The molecule has 0 aliphatic carbocycles. The molecule has 0 N–H and O–H groups in total. The lowest BCUT2D eigenvalue weighted by atomic mass is 9.85. The molecule has 3 aromatic heterocycles. The Morgan fingerprint density at radius 1 is 0.333 bits per heavy atom. The van der Waals surface area contributed by atoms with Gasteiger partial charge in [0.25, 0.3) is 0 Å². The van der Waals surface area contributed by atoms with E-state index in [0.29, 0.717) is 34.3 Å². The number of fused-ring (bicyclic) bond motifs is 6. The predicted octanol–water partition coefficient (Wildman–Crippen LogP) is 21.6. The van der Waals surface area contributed by atoms with Gasteiger partial charge in [0.1, 0.15) is 0 Å². The zero-order valence-corrected chi connectivity index (χ0v) is 53.2. The number of hydrogen-bond donors (Lipinski definition) is 0. The molecule has 0 unspecified atom stereocenters. The maximum atomic E-state index is 10.3. The number of nitriles is 2. The van der Waals surface area contributed by atoms with E-state index in [1.54, 1.807) is 0 Å². The number of aromatic nitrogens is 5. The minimum atomic E-state index is -0.112. The molecule has 8 nitrogen and oxygen atoms in total. The van der Waals surface area contributed by atoms with Crippen molar-refractivity contribution in [3.05, 3.63) is 251 Å². The Morgan fingerprint density at radius 3 is 1.07 bits per heavy atom. The molecule has 90 heavy (non-hydrogen) atoms. The van der Waals surface area contributed by atoms with Crippen LogP contribution in [0.15, 0.2) is 206 Å². The molecule has 0 spiro atoms. The number of nitrogens with zero attached hydrogens (tertiary/aromatic N) is 8. The monoisotopic (exact) mass is 1170 g/mol. The maximum Gasteiger partial charge on any atom is 0.187 e. The van der Waals surface area contributed by atoms with Crippen LogP contribution in [0.1, 0.15) is 116 Å². The lowest BCUT2D eigenvalue weighted by Gasteiger charge is -2.20. The maximum absolute atomic E-state index is 10.3. The minimum Gasteiger partial charge on any atom is -0.309 e. The lowest BCUT2D eigenvalue weighted by molar-refractivity contribution is 0.590. The van der Waals surface area contributed by atoms with E-state index in [-0.39, 0.29) is 21.7 Å². The van der Waals surface area contributed by atoms with E-state index in [9.17, 15) is 10.5 Å². The van der Waals surface area contributed by atoms with Crippen LogP contribution in [-0.4, -0.2) is 24.1 Å². The van der Waals surface area contributed by atoms with Gasteiger partial charge in [0.2, 0.25) is 0 Å². The third-order valence-electron chi connectivity index (χ3n) is 17.7. The quantitative estimate of drug-likeness (QED) is 0.141. The van der Waals surface area contributed by atoms with Gasteiger partial charge in [0.15, 0.2) is 23.2 Å². The van der Waals surface area contributed by atoms with Crippen molar-refractivity contribution in [2.75, 3.05) is 0 Å². The van der Waals surface area contributed by atoms with Gasteiger partial charge in [0.05, 0.1) is 63.3 Å². The van der Waals surface area contributed by atoms with Gasteiger partial charge in [-0.2, -0.15) is 10.5 Å². The summed E-state index contributed by atoms with van der Waals surface area (Å²) in [5.41, 5.74) is 19.4. The number of hydrogen-bond acceptors (Lipinski definition) is 5.